The molecule has 42 heavy (non-hydrogen) atoms. The predicted molar refractivity (Wildman–Crippen MR) is 158 cm³/mol. The summed E-state index contributed by atoms with van der Waals surface area (Å²) in [5, 5.41) is 0. The number of carbonyl (C=O) groups excluding carboxylic acids is 1. The fourth-order valence-corrected chi connectivity index (χ4v) is 6.13. The van der Waals surface area contributed by atoms with Crippen LogP contribution in [0.4, 0.5) is 0 Å². The van der Waals surface area contributed by atoms with Crippen LogP contribution < -0.4 is 33.8 Å². The molecule has 6 rings (SSSR count). The number of esters is 1. The van der Waals surface area contributed by atoms with Gasteiger partial charge in [0.2, 0.25) is 6.79 Å². The Morgan fingerprint density at radius 3 is 2.50 bits per heavy atom. The third kappa shape index (κ3) is 4.73. The average Bonchev–Trinajstić information content (AvgIpc) is 3.59. The number of rotatable bonds is 7. The number of aromatic nitrogens is 1. The standard InChI is InChI=1S/C32H28N2O7S/c1-5-39-31(36)27-28(19-9-7-6-8-10-19)33-32-34(29(27)20-11-12-22(37-3)23(14-20)38-4)30(35)26(42-32)16-21-15-25-24(13-18(21)2)40-17-41-25/h6-16,29H,5,17H2,1-4H3/b26-16-/t29-/m1/s1. The summed E-state index contributed by atoms with van der Waals surface area (Å²) in [7, 11) is 3.09. The molecule has 10 heteroatoms. The Labute approximate surface area is 245 Å². The van der Waals surface area contributed by atoms with Crippen molar-refractivity contribution in [2.24, 2.45) is 4.99 Å². The van der Waals surface area contributed by atoms with E-state index in [1.807, 2.05) is 61.5 Å². The summed E-state index contributed by atoms with van der Waals surface area (Å²) >= 11 is 1.25. The molecule has 0 spiro atoms. The van der Waals surface area contributed by atoms with Crippen LogP contribution in [-0.4, -0.2) is 38.2 Å². The number of methoxy groups -OCH3 is 2. The lowest BCUT2D eigenvalue weighted by molar-refractivity contribution is -0.138. The molecule has 0 aliphatic carbocycles. The van der Waals surface area contributed by atoms with Crippen LogP contribution in [0.25, 0.3) is 11.8 Å². The highest BCUT2D eigenvalue weighted by Gasteiger charge is 2.35. The number of hydrogen-bond acceptors (Lipinski definition) is 9. The van der Waals surface area contributed by atoms with E-state index >= 15 is 0 Å². The van der Waals surface area contributed by atoms with E-state index in [1.54, 1.807) is 30.7 Å². The molecule has 0 saturated heterocycles. The van der Waals surface area contributed by atoms with Crippen LogP contribution in [0.15, 0.2) is 76.0 Å². The Hall–Kier alpha value is -4.83. The van der Waals surface area contributed by atoms with Gasteiger partial charge in [0, 0.05) is 5.56 Å². The molecule has 1 atom stereocenters. The summed E-state index contributed by atoms with van der Waals surface area (Å²) in [6.07, 6.45) is 1.82. The molecule has 3 aromatic carbocycles. The van der Waals surface area contributed by atoms with Gasteiger partial charge in [-0.05, 0) is 60.9 Å². The highest BCUT2D eigenvalue weighted by atomic mass is 32.1. The maximum atomic E-state index is 14.2. The molecule has 2 aliphatic heterocycles. The number of aryl methyl sites for hydroxylation is 1. The summed E-state index contributed by atoms with van der Waals surface area (Å²) in [5.41, 5.74) is 3.54. The molecule has 9 nitrogen and oxygen atoms in total. The third-order valence-electron chi connectivity index (χ3n) is 7.14. The number of nitrogens with zero attached hydrogens (tertiary/aromatic N) is 2. The van der Waals surface area contributed by atoms with Crippen molar-refractivity contribution in [2.45, 2.75) is 19.9 Å². The lowest BCUT2D eigenvalue weighted by Gasteiger charge is -2.26. The molecular weight excluding hydrogens is 556 g/mol. The first-order valence-corrected chi connectivity index (χ1v) is 14.2. The van der Waals surface area contributed by atoms with Crippen LogP contribution in [0.3, 0.4) is 0 Å². The highest BCUT2D eigenvalue weighted by molar-refractivity contribution is 7.07. The molecule has 2 aliphatic rings. The molecule has 0 fully saturated rings. The molecule has 3 heterocycles. The first-order valence-electron chi connectivity index (χ1n) is 13.3. The normalized spacial score (nSPS) is 15.7. The van der Waals surface area contributed by atoms with Gasteiger partial charge >= 0.3 is 5.97 Å². The summed E-state index contributed by atoms with van der Waals surface area (Å²) in [6, 6.07) is 17.7. The molecule has 0 unspecified atom stereocenters. The summed E-state index contributed by atoms with van der Waals surface area (Å²) in [6.45, 7) is 4.01. The fourth-order valence-electron chi connectivity index (χ4n) is 5.13. The minimum absolute atomic E-state index is 0.157. The number of hydrogen-bond donors (Lipinski definition) is 0. The Balaban J connectivity index is 1.64. The van der Waals surface area contributed by atoms with Gasteiger partial charge in [0.15, 0.2) is 27.8 Å². The van der Waals surface area contributed by atoms with Gasteiger partial charge in [-0.3, -0.25) is 9.36 Å². The number of ether oxygens (including phenoxy) is 5. The van der Waals surface area contributed by atoms with Gasteiger partial charge in [-0.25, -0.2) is 9.79 Å². The third-order valence-corrected chi connectivity index (χ3v) is 8.13. The quantitative estimate of drug-likeness (QED) is 0.303. The van der Waals surface area contributed by atoms with Crippen LogP contribution in [0, 0.1) is 6.92 Å². The van der Waals surface area contributed by atoms with Crippen LogP contribution in [0.5, 0.6) is 23.0 Å². The van der Waals surface area contributed by atoms with Crippen molar-refractivity contribution in [1.82, 2.24) is 4.57 Å². The Morgan fingerprint density at radius 2 is 1.79 bits per heavy atom. The smallest absolute Gasteiger partial charge is 0.338 e. The second-order valence-electron chi connectivity index (χ2n) is 9.61. The van der Waals surface area contributed by atoms with Crippen molar-refractivity contribution in [2.75, 3.05) is 27.6 Å². The summed E-state index contributed by atoms with van der Waals surface area (Å²) < 4.78 is 29.6. The van der Waals surface area contributed by atoms with E-state index in [9.17, 15) is 9.59 Å². The van der Waals surface area contributed by atoms with E-state index in [0.29, 0.717) is 43.6 Å². The van der Waals surface area contributed by atoms with Crippen LogP contribution >= 0.6 is 11.3 Å². The van der Waals surface area contributed by atoms with Gasteiger partial charge in [-0.2, -0.15) is 0 Å². The molecular formula is C32H28N2O7S. The maximum absolute atomic E-state index is 14.2. The molecule has 214 valence electrons. The number of benzene rings is 3. The van der Waals surface area contributed by atoms with Crippen molar-refractivity contribution < 1.29 is 28.5 Å². The molecule has 4 aromatic rings. The fraction of sp³-hybridized carbons (Fsp3) is 0.219. The molecule has 0 radical (unpaired) electrons. The predicted octanol–water partition coefficient (Wildman–Crippen LogP) is 3.99. The maximum Gasteiger partial charge on any atom is 0.338 e. The zero-order chi connectivity index (χ0) is 29.4. The minimum Gasteiger partial charge on any atom is -0.493 e. The van der Waals surface area contributed by atoms with Gasteiger partial charge < -0.3 is 23.7 Å². The van der Waals surface area contributed by atoms with E-state index in [0.717, 1.165) is 16.7 Å². The number of thiazole rings is 1. The van der Waals surface area contributed by atoms with E-state index in [1.165, 1.54) is 18.4 Å². The van der Waals surface area contributed by atoms with Crippen LogP contribution in [0.2, 0.25) is 0 Å². The second kappa shape index (κ2) is 11.2. The van der Waals surface area contributed by atoms with E-state index in [4.69, 9.17) is 28.7 Å². The van der Waals surface area contributed by atoms with Crippen molar-refractivity contribution in [1.29, 1.82) is 0 Å². The Bertz CT molecular complexity index is 1910. The monoisotopic (exact) mass is 584 g/mol. The molecule has 0 N–H and O–H groups in total. The number of fused-ring (bicyclic) bond motifs is 2. The van der Waals surface area contributed by atoms with Gasteiger partial charge in [-0.1, -0.05) is 47.7 Å². The SMILES string of the molecule is CCOC(=O)C1=C(c2ccccc2)N=c2s/c(=C\c3cc4c(cc3C)OCO4)c(=O)n2[C@@H]1c1ccc(OC)c(OC)c1. The first kappa shape index (κ1) is 27.3. The minimum atomic E-state index is -0.838. The van der Waals surface area contributed by atoms with Gasteiger partial charge in [0.25, 0.3) is 5.56 Å². The highest BCUT2D eigenvalue weighted by Crippen LogP contribution is 2.39. The lowest BCUT2D eigenvalue weighted by Crippen LogP contribution is -2.40. The van der Waals surface area contributed by atoms with Crippen molar-refractivity contribution in [3.05, 3.63) is 108 Å². The molecule has 0 saturated carbocycles. The van der Waals surface area contributed by atoms with Crippen molar-refractivity contribution >= 4 is 29.1 Å². The van der Waals surface area contributed by atoms with Crippen LogP contribution in [0.1, 0.15) is 35.2 Å². The van der Waals surface area contributed by atoms with Crippen molar-refractivity contribution in [3.8, 4) is 23.0 Å². The zero-order valence-corrected chi connectivity index (χ0v) is 24.3. The Kier molecular flexibility index (Phi) is 7.30. The average molecular weight is 585 g/mol. The van der Waals surface area contributed by atoms with Gasteiger partial charge in [0.05, 0.1) is 42.7 Å². The zero-order valence-electron chi connectivity index (χ0n) is 23.5. The summed E-state index contributed by atoms with van der Waals surface area (Å²) in [5.74, 6) is 1.73. The molecule has 0 amide bonds. The van der Waals surface area contributed by atoms with Crippen LogP contribution in [-0.2, 0) is 9.53 Å². The van der Waals surface area contributed by atoms with Gasteiger partial charge in [-0.15, -0.1) is 0 Å². The lowest BCUT2D eigenvalue weighted by atomic mass is 9.93. The number of carbonyl (C=O) groups is 1. The van der Waals surface area contributed by atoms with Gasteiger partial charge in [0.1, 0.15) is 0 Å². The largest absolute Gasteiger partial charge is 0.493 e. The molecule has 0 bridgehead atoms. The first-order chi connectivity index (χ1) is 20.4. The second-order valence-corrected chi connectivity index (χ2v) is 10.6. The Morgan fingerprint density at radius 1 is 1.05 bits per heavy atom. The topological polar surface area (TPSA) is 97.6 Å². The van der Waals surface area contributed by atoms with E-state index < -0.39 is 12.0 Å². The van der Waals surface area contributed by atoms with E-state index in [-0.39, 0.29) is 24.5 Å². The van der Waals surface area contributed by atoms with E-state index in [2.05, 4.69) is 0 Å². The van der Waals surface area contributed by atoms with Crippen molar-refractivity contribution in [3.63, 3.8) is 0 Å². The summed E-state index contributed by atoms with van der Waals surface area (Å²) in [4.78, 5) is 33.2. The molecule has 1 aromatic heterocycles.